The van der Waals surface area contributed by atoms with Crippen molar-refractivity contribution in [3.63, 3.8) is 0 Å². The van der Waals surface area contributed by atoms with E-state index in [1.54, 1.807) is 0 Å². The van der Waals surface area contributed by atoms with E-state index in [9.17, 15) is 0 Å². The van der Waals surface area contributed by atoms with E-state index in [1.165, 1.54) is 67.5 Å². The van der Waals surface area contributed by atoms with Crippen molar-refractivity contribution in [3.8, 4) is 0 Å². The second-order valence-corrected chi connectivity index (χ2v) is 6.21. The summed E-state index contributed by atoms with van der Waals surface area (Å²) in [7, 11) is 2.52. The molecule has 0 fully saturated rings. The van der Waals surface area contributed by atoms with Gasteiger partial charge in [-0.25, -0.2) is 0 Å². The summed E-state index contributed by atoms with van der Waals surface area (Å²) in [5.41, 5.74) is 0. The first-order valence-corrected chi connectivity index (χ1v) is 8.16. The fourth-order valence-electron chi connectivity index (χ4n) is 1.03. The molecule has 0 aliphatic heterocycles. The van der Waals surface area contributed by atoms with E-state index in [4.69, 9.17) is 0 Å². The summed E-state index contributed by atoms with van der Waals surface area (Å²) in [5.74, 6) is 0. The molecule has 0 heterocycles. The standard InChI is InChI=1S/C10H24P2/c1-3-5-7-11-9-10-12-8-6-4-2/h11-12H,3-10H2,1-2H3. The van der Waals surface area contributed by atoms with Crippen LogP contribution in [0.25, 0.3) is 0 Å². The summed E-state index contributed by atoms with van der Waals surface area (Å²) in [6, 6.07) is 0. The Bertz CT molecular complexity index is 64.2. The molecular weight excluding hydrogens is 182 g/mol. The van der Waals surface area contributed by atoms with Crippen LogP contribution in [0.4, 0.5) is 0 Å². The lowest BCUT2D eigenvalue weighted by molar-refractivity contribution is 0.892. The van der Waals surface area contributed by atoms with Crippen molar-refractivity contribution >= 4 is 17.2 Å². The maximum atomic E-state index is 2.29. The van der Waals surface area contributed by atoms with Crippen molar-refractivity contribution in [1.29, 1.82) is 0 Å². The van der Waals surface area contributed by atoms with E-state index in [-0.39, 0.29) is 0 Å². The first-order valence-electron chi connectivity index (χ1n) is 5.33. The molecular formula is C10H24P2. The minimum atomic E-state index is 1.26. The molecule has 0 saturated carbocycles. The van der Waals surface area contributed by atoms with Crippen molar-refractivity contribution in [2.45, 2.75) is 39.5 Å². The van der Waals surface area contributed by atoms with E-state index in [2.05, 4.69) is 13.8 Å². The molecule has 0 aromatic heterocycles. The van der Waals surface area contributed by atoms with Gasteiger partial charge in [0, 0.05) is 0 Å². The van der Waals surface area contributed by atoms with Crippen LogP contribution in [0.1, 0.15) is 39.5 Å². The SMILES string of the molecule is CCCCPCCPCCCC. The average Bonchev–Trinajstić information content (AvgIpc) is 2.10. The van der Waals surface area contributed by atoms with Gasteiger partial charge in [0.2, 0.25) is 0 Å². The van der Waals surface area contributed by atoms with Crippen LogP contribution in [0.2, 0.25) is 0 Å². The maximum Gasteiger partial charge on any atom is -0.0316 e. The van der Waals surface area contributed by atoms with Crippen molar-refractivity contribution in [1.82, 2.24) is 0 Å². The Balaban J connectivity index is 2.73. The highest BCUT2D eigenvalue weighted by atomic mass is 31.1. The first kappa shape index (κ1) is 12.9. The summed E-state index contributed by atoms with van der Waals surface area (Å²) in [6.07, 6.45) is 11.7. The van der Waals surface area contributed by atoms with Gasteiger partial charge in [-0.3, -0.25) is 0 Å². The highest BCUT2D eigenvalue weighted by molar-refractivity contribution is 7.42. The molecule has 0 aliphatic rings. The Morgan fingerprint density at radius 3 is 1.42 bits per heavy atom. The molecule has 0 aromatic rings. The van der Waals surface area contributed by atoms with Crippen LogP contribution >= 0.6 is 17.2 Å². The van der Waals surface area contributed by atoms with Crippen molar-refractivity contribution in [3.05, 3.63) is 0 Å². The van der Waals surface area contributed by atoms with Gasteiger partial charge in [0.05, 0.1) is 0 Å². The molecule has 0 aromatic carbocycles. The molecule has 0 nitrogen and oxygen atoms in total. The van der Waals surface area contributed by atoms with Crippen molar-refractivity contribution in [2.24, 2.45) is 0 Å². The Labute approximate surface area is 81.9 Å². The zero-order chi connectivity index (χ0) is 9.07. The van der Waals surface area contributed by atoms with Crippen LogP contribution in [0.5, 0.6) is 0 Å². The summed E-state index contributed by atoms with van der Waals surface area (Å²) in [5, 5.41) is 0. The quantitative estimate of drug-likeness (QED) is 0.396. The lowest BCUT2D eigenvalue weighted by Crippen LogP contribution is -1.84. The van der Waals surface area contributed by atoms with Gasteiger partial charge in [-0.05, 0) is 37.5 Å². The Hall–Kier alpha value is 0.860. The number of hydrogen-bond acceptors (Lipinski definition) is 0. The van der Waals surface area contributed by atoms with Gasteiger partial charge >= 0.3 is 0 Å². The normalized spacial score (nSPS) is 12.5. The first-order chi connectivity index (χ1) is 5.91. The number of hydrogen-bond donors (Lipinski definition) is 0. The largest absolute Gasteiger partial charge is 0.122 e. The monoisotopic (exact) mass is 206 g/mol. The highest BCUT2D eigenvalue weighted by Crippen LogP contribution is 2.19. The van der Waals surface area contributed by atoms with Crippen LogP contribution in [0.15, 0.2) is 0 Å². The minimum absolute atomic E-state index is 1.26. The predicted octanol–water partition coefficient (Wildman–Crippen LogP) is 3.94. The van der Waals surface area contributed by atoms with E-state index >= 15 is 0 Å². The van der Waals surface area contributed by atoms with Gasteiger partial charge < -0.3 is 0 Å². The third kappa shape index (κ3) is 10.9. The summed E-state index contributed by atoms with van der Waals surface area (Å²) in [4.78, 5) is 0. The van der Waals surface area contributed by atoms with E-state index in [0.29, 0.717) is 0 Å². The van der Waals surface area contributed by atoms with Gasteiger partial charge in [-0.2, -0.15) is 0 Å². The molecule has 12 heavy (non-hydrogen) atoms. The Morgan fingerprint density at radius 2 is 1.08 bits per heavy atom. The van der Waals surface area contributed by atoms with Crippen LogP contribution in [-0.2, 0) is 0 Å². The average molecular weight is 206 g/mol. The maximum absolute atomic E-state index is 2.29. The van der Waals surface area contributed by atoms with Crippen molar-refractivity contribution < 1.29 is 0 Å². The molecule has 0 spiro atoms. The second-order valence-electron chi connectivity index (χ2n) is 3.21. The Morgan fingerprint density at radius 1 is 0.667 bits per heavy atom. The second kappa shape index (κ2) is 11.9. The van der Waals surface area contributed by atoms with Gasteiger partial charge in [0.25, 0.3) is 0 Å². The summed E-state index contributed by atoms with van der Waals surface area (Å²) < 4.78 is 0. The number of unbranched alkanes of at least 4 members (excludes halogenated alkanes) is 2. The van der Waals surface area contributed by atoms with E-state index < -0.39 is 0 Å². The zero-order valence-corrected chi connectivity index (χ0v) is 10.7. The third-order valence-corrected chi connectivity index (χ3v) is 5.01. The molecule has 0 bridgehead atoms. The minimum Gasteiger partial charge on any atom is -0.122 e. The predicted molar refractivity (Wildman–Crippen MR) is 65.9 cm³/mol. The molecule has 0 amide bonds. The molecule has 74 valence electrons. The van der Waals surface area contributed by atoms with Gasteiger partial charge in [-0.1, -0.05) is 26.7 Å². The lowest BCUT2D eigenvalue weighted by atomic mass is 10.4. The fraction of sp³-hybridized carbons (Fsp3) is 1.00. The number of rotatable bonds is 9. The zero-order valence-electron chi connectivity index (χ0n) is 8.66. The van der Waals surface area contributed by atoms with Crippen molar-refractivity contribution in [2.75, 3.05) is 24.6 Å². The van der Waals surface area contributed by atoms with Crippen LogP contribution < -0.4 is 0 Å². The Kier molecular flexibility index (Phi) is 12.7. The highest BCUT2D eigenvalue weighted by Gasteiger charge is 1.89. The van der Waals surface area contributed by atoms with E-state index in [1.807, 2.05) is 0 Å². The van der Waals surface area contributed by atoms with Gasteiger partial charge in [0.15, 0.2) is 0 Å². The van der Waals surface area contributed by atoms with E-state index in [0.717, 1.165) is 0 Å². The molecule has 2 unspecified atom stereocenters. The van der Waals surface area contributed by atoms with Crippen LogP contribution in [-0.4, -0.2) is 24.6 Å². The van der Waals surface area contributed by atoms with Gasteiger partial charge in [0.1, 0.15) is 0 Å². The third-order valence-electron chi connectivity index (χ3n) is 1.89. The smallest absolute Gasteiger partial charge is 0.0316 e. The fourth-order valence-corrected chi connectivity index (χ4v) is 4.15. The molecule has 0 rings (SSSR count). The molecule has 2 atom stereocenters. The molecule has 2 heteroatoms. The molecule has 0 saturated heterocycles. The lowest BCUT2D eigenvalue weighted by Gasteiger charge is -2.00. The molecule has 0 aliphatic carbocycles. The van der Waals surface area contributed by atoms with Crippen LogP contribution in [0, 0.1) is 0 Å². The molecule has 0 N–H and O–H groups in total. The topological polar surface area (TPSA) is 0 Å². The summed E-state index contributed by atoms with van der Waals surface area (Å²) in [6.45, 7) is 4.57. The van der Waals surface area contributed by atoms with Crippen LogP contribution in [0.3, 0.4) is 0 Å². The summed E-state index contributed by atoms with van der Waals surface area (Å²) >= 11 is 0. The van der Waals surface area contributed by atoms with Gasteiger partial charge in [-0.15, -0.1) is 17.2 Å². The molecule has 0 radical (unpaired) electrons.